The number of hydrogen-bond donors (Lipinski definition) is 2. The van der Waals surface area contributed by atoms with Gasteiger partial charge in [-0.15, -0.1) is 11.8 Å². The van der Waals surface area contributed by atoms with E-state index in [-0.39, 0.29) is 11.3 Å². The zero-order chi connectivity index (χ0) is 21.1. The van der Waals surface area contributed by atoms with Gasteiger partial charge in [0.25, 0.3) is 5.70 Å². The number of dihydropyridines is 1. The van der Waals surface area contributed by atoms with Gasteiger partial charge in [-0.2, -0.15) is 0 Å². The molecule has 0 radical (unpaired) electrons. The number of hydrogen-bond acceptors (Lipinski definition) is 5. The van der Waals surface area contributed by atoms with Crippen molar-refractivity contribution >= 4 is 29.3 Å². The summed E-state index contributed by atoms with van der Waals surface area (Å²) in [6, 6.07) is 14.8. The van der Waals surface area contributed by atoms with Crippen LogP contribution >= 0.6 is 23.4 Å². The summed E-state index contributed by atoms with van der Waals surface area (Å²) in [5.74, 6) is -1.50. The van der Waals surface area contributed by atoms with Crippen LogP contribution in [-0.2, 0) is 10.5 Å². The van der Waals surface area contributed by atoms with E-state index in [1.807, 2.05) is 36.4 Å². The monoisotopic (exact) mass is 430 g/mol. The fourth-order valence-electron chi connectivity index (χ4n) is 3.39. The first-order chi connectivity index (χ1) is 13.8. The van der Waals surface area contributed by atoms with Gasteiger partial charge in [-0.1, -0.05) is 41.9 Å². The number of allylic oxidation sites excluding steroid dienone is 3. The molecule has 2 N–H and O–H groups in total. The SMILES string of the molecule is CC1=C(C(=O)O)C(c2cccc(SCc3ccccc3Cl)c2)C([N+](=O)[O-])=C(C)N1. The van der Waals surface area contributed by atoms with Crippen molar-refractivity contribution in [2.45, 2.75) is 30.4 Å². The van der Waals surface area contributed by atoms with Crippen molar-refractivity contribution in [1.29, 1.82) is 0 Å². The van der Waals surface area contributed by atoms with Gasteiger partial charge < -0.3 is 10.4 Å². The van der Waals surface area contributed by atoms with Crippen LogP contribution < -0.4 is 5.32 Å². The third-order valence-corrected chi connectivity index (χ3v) is 6.11. The first-order valence-electron chi connectivity index (χ1n) is 8.82. The molecule has 0 aliphatic carbocycles. The van der Waals surface area contributed by atoms with Crippen LogP contribution in [0.3, 0.4) is 0 Å². The van der Waals surface area contributed by atoms with Crippen molar-refractivity contribution in [3.63, 3.8) is 0 Å². The third-order valence-electron chi connectivity index (χ3n) is 4.70. The first kappa shape index (κ1) is 21.0. The summed E-state index contributed by atoms with van der Waals surface area (Å²) in [4.78, 5) is 24.0. The number of aliphatic carboxylic acids is 1. The molecule has 2 aromatic carbocycles. The highest BCUT2D eigenvalue weighted by Gasteiger charge is 2.40. The number of carboxylic acids is 1. The number of thioether (sulfide) groups is 1. The average molecular weight is 431 g/mol. The number of nitro groups is 1. The highest BCUT2D eigenvalue weighted by atomic mass is 35.5. The molecule has 3 rings (SSSR count). The third kappa shape index (κ3) is 4.46. The lowest BCUT2D eigenvalue weighted by Gasteiger charge is -2.25. The molecule has 0 amide bonds. The first-order valence-corrected chi connectivity index (χ1v) is 10.2. The molecular formula is C21H19ClN2O4S. The predicted molar refractivity (Wildman–Crippen MR) is 113 cm³/mol. The molecule has 29 heavy (non-hydrogen) atoms. The molecule has 2 aromatic rings. The van der Waals surface area contributed by atoms with Gasteiger partial charge in [-0.3, -0.25) is 10.1 Å². The smallest absolute Gasteiger partial charge is 0.334 e. The van der Waals surface area contributed by atoms with E-state index in [9.17, 15) is 20.0 Å². The molecule has 0 fully saturated rings. The van der Waals surface area contributed by atoms with Gasteiger partial charge in [-0.05, 0) is 43.2 Å². The van der Waals surface area contributed by atoms with E-state index in [0.717, 1.165) is 10.5 Å². The summed E-state index contributed by atoms with van der Waals surface area (Å²) in [5, 5.41) is 24.9. The molecule has 0 spiro atoms. The van der Waals surface area contributed by atoms with Gasteiger partial charge in [0.2, 0.25) is 0 Å². The fourth-order valence-corrected chi connectivity index (χ4v) is 4.64. The van der Waals surface area contributed by atoms with Gasteiger partial charge in [0, 0.05) is 21.4 Å². The van der Waals surface area contributed by atoms with Crippen LogP contribution in [0.2, 0.25) is 5.02 Å². The second-order valence-corrected chi connectivity index (χ2v) is 8.08. The Kier molecular flexibility index (Phi) is 6.30. The lowest BCUT2D eigenvalue weighted by molar-refractivity contribution is -0.431. The van der Waals surface area contributed by atoms with Crippen molar-refractivity contribution in [2.24, 2.45) is 0 Å². The second kappa shape index (κ2) is 8.71. The quantitative estimate of drug-likeness (QED) is 0.372. The molecule has 1 aliphatic heterocycles. The maximum absolute atomic E-state index is 11.9. The Balaban J connectivity index is 1.98. The van der Waals surface area contributed by atoms with E-state index in [2.05, 4.69) is 5.32 Å². The lowest BCUT2D eigenvalue weighted by atomic mass is 9.84. The van der Waals surface area contributed by atoms with Gasteiger partial charge in [0.05, 0.1) is 16.2 Å². The lowest BCUT2D eigenvalue weighted by Crippen LogP contribution is -2.30. The Morgan fingerprint density at radius 1 is 1.21 bits per heavy atom. The van der Waals surface area contributed by atoms with Crippen LogP contribution in [0.15, 0.2) is 76.1 Å². The largest absolute Gasteiger partial charge is 0.478 e. The number of rotatable bonds is 6. The topological polar surface area (TPSA) is 92.5 Å². The average Bonchev–Trinajstić information content (AvgIpc) is 2.66. The number of benzene rings is 2. The predicted octanol–water partition coefficient (Wildman–Crippen LogP) is 5.19. The number of nitrogens with one attached hydrogen (secondary N) is 1. The van der Waals surface area contributed by atoms with Crippen LogP contribution in [-0.4, -0.2) is 16.0 Å². The Hall–Kier alpha value is -2.77. The molecule has 8 heteroatoms. The van der Waals surface area contributed by atoms with Gasteiger partial charge in [0.1, 0.15) is 5.92 Å². The number of carboxylic acid groups (broad SMARTS) is 1. The van der Waals surface area contributed by atoms with E-state index < -0.39 is 16.8 Å². The maximum atomic E-state index is 11.9. The Labute approximate surface area is 177 Å². The molecule has 0 bridgehead atoms. The van der Waals surface area contributed by atoms with E-state index in [4.69, 9.17) is 11.6 Å². The highest BCUT2D eigenvalue weighted by Crippen LogP contribution is 2.39. The molecule has 0 aromatic heterocycles. The van der Waals surface area contributed by atoms with E-state index in [1.54, 1.807) is 26.0 Å². The standard InChI is InChI=1S/C21H19ClN2O4S/c1-12-18(21(25)26)19(20(24(27)28)13(2)23-12)14-7-5-8-16(10-14)29-11-15-6-3-4-9-17(15)22/h3-10,19,23H,11H2,1-2H3,(H,25,26). The van der Waals surface area contributed by atoms with Gasteiger partial charge in [-0.25, -0.2) is 4.79 Å². The minimum absolute atomic E-state index is 0.0180. The molecule has 0 saturated heterocycles. The summed E-state index contributed by atoms with van der Waals surface area (Å²) in [6.45, 7) is 3.20. The molecule has 1 aliphatic rings. The maximum Gasteiger partial charge on any atom is 0.334 e. The van der Waals surface area contributed by atoms with Crippen molar-refractivity contribution in [3.05, 3.63) is 97.5 Å². The zero-order valence-corrected chi connectivity index (χ0v) is 17.4. The van der Waals surface area contributed by atoms with Crippen LogP contribution in [0.25, 0.3) is 0 Å². The minimum atomic E-state index is -1.18. The molecule has 1 heterocycles. The fraction of sp³-hybridized carbons (Fsp3) is 0.190. The molecule has 0 saturated carbocycles. The normalized spacial score (nSPS) is 16.6. The summed E-state index contributed by atoms with van der Waals surface area (Å²) in [6.07, 6.45) is 0. The summed E-state index contributed by atoms with van der Waals surface area (Å²) < 4.78 is 0. The van der Waals surface area contributed by atoms with Gasteiger partial charge >= 0.3 is 5.97 Å². The van der Waals surface area contributed by atoms with Crippen molar-refractivity contribution in [1.82, 2.24) is 5.32 Å². The number of halogens is 1. The number of carbonyl (C=O) groups is 1. The van der Waals surface area contributed by atoms with Crippen molar-refractivity contribution < 1.29 is 14.8 Å². The van der Waals surface area contributed by atoms with Crippen LogP contribution in [0.1, 0.15) is 30.9 Å². The van der Waals surface area contributed by atoms with Crippen LogP contribution in [0, 0.1) is 10.1 Å². The Morgan fingerprint density at radius 2 is 1.93 bits per heavy atom. The van der Waals surface area contributed by atoms with E-state index in [1.165, 1.54) is 11.8 Å². The molecule has 6 nitrogen and oxygen atoms in total. The molecule has 1 unspecified atom stereocenters. The van der Waals surface area contributed by atoms with Crippen molar-refractivity contribution in [2.75, 3.05) is 0 Å². The zero-order valence-electron chi connectivity index (χ0n) is 15.8. The Morgan fingerprint density at radius 3 is 2.59 bits per heavy atom. The summed E-state index contributed by atoms with van der Waals surface area (Å²) in [7, 11) is 0. The minimum Gasteiger partial charge on any atom is -0.478 e. The van der Waals surface area contributed by atoms with Crippen LogP contribution in [0.5, 0.6) is 0 Å². The highest BCUT2D eigenvalue weighted by molar-refractivity contribution is 7.98. The summed E-state index contributed by atoms with van der Waals surface area (Å²) in [5.41, 5.74) is 2.13. The number of nitrogens with zero attached hydrogens (tertiary/aromatic N) is 1. The van der Waals surface area contributed by atoms with Gasteiger partial charge in [0.15, 0.2) is 0 Å². The van der Waals surface area contributed by atoms with Crippen LogP contribution in [0.4, 0.5) is 0 Å². The van der Waals surface area contributed by atoms with Crippen molar-refractivity contribution in [3.8, 4) is 0 Å². The molecule has 1 atom stereocenters. The summed E-state index contributed by atoms with van der Waals surface area (Å²) >= 11 is 7.75. The molecular weight excluding hydrogens is 412 g/mol. The second-order valence-electron chi connectivity index (χ2n) is 6.62. The Bertz CT molecular complexity index is 1010. The molecule has 150 valence electrons. The van der Waals surface area contributed by atoms with E-state index >= 15 is 0 Å². The van der Waals surface area contributed by atoms with E-state index in [0.29, 0.717) is 27.7 Å².